The van der Waals surface area contributed by atoms with Crippen LogP contribution >= 0.6 is 0 Å². The van der Waals surface area contributed by atoms with Gasteiger partial charge >= 0.3 is 0 Å². The third-order valence-corrected chi connectivity index (χ3v) is 5.08. The van der Waals surface area contributed by atoms with Crippen molar-refractivity contribution in [1.29, 1.82) is 0 Å². The second-order valence-electron chi connectivity index (χ2n) is 6.85. The Kier molecular flexibility index (Phi) is 6.11. The molecule has 2 aliphatic rings. The topological polar surface area (TPSA) is 66.4 Å². The average molecular weight is 374 g/mol. The molecule has 0 spiro atoms. The number of amides is 1. The number of allylic oxidation sites excluding steroid dienone is 2. The molecule has 146 valence electrons. The van der Waals surface area contributed by atoms with Crippen molar-refractivity contribution >= 4 is 18.1 Å². The van der Waals surface area contributed by atoms with Crippen LogP contribution in [0.3, 0.4) is 0 Å². The average Bonchev–Trinajstić information content (AvgIpc) is 2.67. The minimum absolute atomic E-state index is 0.0681. The Hall–Kier alpha value is -2.41. The fourth-order valence-corrected chi connectivity index (χ4v) is 3.70. The molecule has 1 aromatic heterocycles. The maximum absolute atomic E-state index is 14.9. The molecule has 6 nitrogen and oxygen atoms in total. The quantitative estimate of drug-likeness (QED) is 0.782. The molecule has 27 heavy (non-hydrogen) atoms. The molecule has 2 N–H and O–H groups in total. The summed E-state index contributed by atoms with van der Waals surface area (Å²) >= 11 is 0. The van der Waals surface area contributed by atoms with E-state index in [2.05, 4.69) is 15.5 Å². The number of carbonyl (C=O) groups excluding carboxylic acids is 1. The number of fused-ring (bicyclic) bond motifs is 1. The normalized spacial score (nSPS) is 17.4. The van der Waals surface area contributed by atoms with Crippen molar-refractivity contribution in [2.75, 3.05) is 33.2 Å². The summed E-state index contributed by atoms with van der Waals surface area (Å²) in [5.74, 6) is -0.619. The number of pyridine rings is 1. The van der Waals surface area contributed by atoms with Gasteiger partial charge < -0.3 is 20.1 Å². The summed E-state index contributed by atoms with van der Waals surface area (Å²) in [5, 5.41) is 6.98. The molecule has 2 heterocycles. The van der Waals surface area contributed by atoms with Crippen LogP contribution in [0.1, 0.15) is 36.5 Å². The number of aryl methyl sites for hydroxylation is 1. The first-order valence-corrected chi connectivity index (χ1v) is 9.56. The zero-order valence-electron chi connectivity index (χ0n) is 16.0. The molecule has 0 unspecified atom stereocenters. The Morgan fingerprint density at radius 3 is 2.67 bits per heavy atom. The Morgan fingerprint density at radius 1 is 1.26 bits per heavy atom. The van der Waals surface area contributed by atoms with Gasteiger partial charge in [-0.1, -0.05) is 19.1 Å². The van der Waals surface area contributed by atoms with Gasteiger partial charge in [0.15, 0.2) is 0 Å². The lowest BCUT2D eigenvalue weighted by Gasteiger charge is -2.32. The van der Waals surface area contributed by atoms with Gasteiger partial charge in [-0.05, 0) is 6.42 Å². The lowest BCUT2D eigenvalue weighted by molar-refractivity contribution is 0.0961. The van der Waals surface area contributed by atoms with Crippen molar-refractivity contribution in [3.05, 3.63) is 44.1 Å². The molecule has 1 aliphatic heterocycles. The van der Waals surface area contributed by atoms with Crippen molar-refractivity contribution < 1.29 is 9.18 Å². The van der Waals surface area contributed by atoms with Crippen LogP contribution in [0.5, 0.6) is 0 Å². The molecule has 1 amide bonds. The highest BCUT2D eigenvalue weighted by atomic mass is 19.1. The number of nitrogens with zero attached hydrogens (tertiary/aromatic N) is 2. The molecular formula is C20H27FN4O2. The number of piperazine rings is 1. The van der Waals surface area contributed by atoms with Crippen LogP contribution in [-0.2, 0) is 6.54 Å². The summed E-state index contributed by atoms with van der Waals surface area (Å²) < 4.78 is 16.8. The Bertz CT molecular complexity index is 927. The Balaban J connectivity index is 2.14. The van der Waals surface area contributed by atoms with Gasteiger partial charge in [0.05, 0.1) is 0 Å². The van der Waals surface area contributed by atoms with Crippen molar-refractivity contribution in [3.8, 4) is 0 Å². The van der Waals surface area contributed by atoms with Crippen molar-refractivity contribution in [1.82, 2.24) is 20.1 Å². The predicted molar refractivity (Wildman–Crippen MR) is 104 cm³/mol. The maximum Gasteiger partial charge on any atom is 0.256 e. The van der Waals surface area contributed by atoms with E-state index in [0.717, 1.165) is 37.9 Å². The van der Waals surface area contributed by atoms with E-state index >= 15 is 0 Å². The molecule has 0 aromatic carbocycles. The van der Waals surface area contributed by atoms with Crippen LogP contribution in [0.2, 0.25) is 0 Å². The van der Waals surface area contributed by atoms with E-state index in [1.54, 1.807) is 12.3 Å². The van der Waals surface area contributed by atoms with E-state index in [1.807, 2.05) is 17.6 Å². The van der Waals surface area contributed by atoms with Gasteiger partial charge in [-0.2, -0.15) is 0 Å². The minimum Gasteiger partial charge on any atom is -0.370 e. The zero-order valence-corrected chi connectivity index (χ0v) is 16.0. The predicted octanol–water partition coefficient (Wildman–Crippen LogP) is 0.0590. The Labute approximate surface area is 158 Å². The van der Waals surface area contributed by atoms with Crippen molar-refractivity contribution in [2.45, 2.75) is 32.7 Å². The smallest absolute Gasteiger partial charge is 0.256 e. The second kappa shape index (κ2) is 8.52. The Morgan fingerprint density at radius 2 is 2.00 bits per heavy atom. The van der Waals surface area contributed by atoms with Crippen LogP contribution in [0, 0.1) is 0 Å². The first-order chi connectivity index (χ1) is 13.1. The number of hydrogen-bond donors (Lipinski definition) is 2. The summed E-state index contributed by atoms with van der Waals surface area (Å²) in [6.45, 7) is 5.97. The van der Waals surface area contributed by atoms with E-state index in [9.17, 15) is 14.0 Å². The lowest BCUT2D eigenvalue weighted by atomic mass is 10.1. The highest BCUT2D eigenvalue weighted by molar-refractivity contribution is 5.93. The SMILES string of the molecule is CCCn1cc(C(=O)NC)c(=O)c2c1=CCC(N1CCNCC1)=C(F)CC=2. The number of aromatic nitrogens is 1. The van der Waals surface area contributed by atoms with Gasteiger partial charge in [-0.15, -0.1) is 0 Å². The van der Waals surface area contributed by atoms with Gasteiger partial charge in [0.2, 0.25) is 5.43 Å². The maximum atomic E-state index is 14.9. The number of nitrogens with one attached hydrogen (secondary N) is 2. The molecule has 7 heteroatoms. The van der Waals surface area contributed by atoms with Crippen LogP contribution in [0.4, 0.5) is 4.39 Å². The molecular weight excluding hydrogens is 347 g/mol. The largest absolute Gasteiger partial charge is 0.370 e. The van der Waals surface area contributed by atoms with Crippen LogP contribution in [-0.4, -0.2) is 48.6 Å². The number of carbonyl (C=O) groups is 1. The molecule has 1 aliphatic carbocycles. The molecule has 0 atom stereocenters. The van der Waals surface area contributed by atoms with Gasteiger partial charge in [0.25, 0.3) is 5.91 Å². The minimum atomic E-state index is -0.416. The van der Waals surface area contributed by atoms with E-state index < -0.39 is 5.91 Å². The van der Waals surface area contributed by atoms with Gasteiger partial charge in [0, 0.05) is 75.1 Å². The van der Waals surface area contributed by atoms with E-state index in [0.29, 0.717) is 23.9 Å². The lowest BCUT2D eigenvalue weighted by Crippen LogP contribution is -2.49. The van der Waals surface area contributed by atoms with Gasteiger partial charge in [-0.25, -0.2) is 4.39 Å². The van der Waals surface area contributed by atoms with E-state index in [1.165, 1.54) is 7.05 Å². The molecule has 0 radical (unpaired) electrons. The van der Waals surface area contributed by atoms with Crippen LogP contribution < -0.4 is 26.6 Å². The molecule has 0 bridgehead atoms. The van der Waals surface area contributed by atoms with E-state index in [-0.39, 0.29) is 23.2 Å². The molecule has 3 rings (SSSR count). The standard InChI is InChI=1S/C20H27FN4O2/c1-3-10-25-13-15(20(27)22-2)19(26)14-4-5-16(21)18(7-6-17(14)25)24-11-8-23-9-12-24/h4,6,13,23H,3,5,7-12H2,1-2H3,(H,22,27). The van der Waals surface area contributed by atoms with E-state index in [4.69, 9.17) is 0 Å². The van der Waals surface area contributed by atoms with Crippen LogP contribution in [0.25, 0.3) is 12.2 Å². The van der Waals surface area contributed by atoms with Gasteiger partial charge in [-0.3, -0.25) is 9.59 Å². The monoisotopic (exact) mass is 374 g/mol. The van der Waals surface area contributed by atoms with Gasteiger partial charge in [0.1, 0.15) is 11.4 Å². The molecule has 1 saturated heterocycles. The summed E-state index contributed by atoms with van der Waals surface area (Å²) in [5.41, 5.74) is 0.456. The van der Waals surface area contributed by atoms with Crippen molar-refractivity contribution in [3.63, 3.8) is 0 Å². The fraction of sp³-hybridized carbons (Fsp3) is 0.500. The fourth-order valence-electron chi connectivity index (χ4n) is 3.70. The summed E-state index contributed by atoms with van der Waals surface area (Å²) in [6.07, 6.45) is 6.55. The number of rotatable bonds is 4. The van der Waals surface area contributed by atoms with Crippen LogP contribution in [0.15, 0.2) is 22.5 Å². The third kappa shape index (κ3) is 3.98. The van der Waals surface area contributed by atoms with Crippen molar-refractivity contribution in [2.24, 2.45) is 0 Å². The first kappa shape index (κ1) is 19.4. The molecule has 1 aromatic rings. The number of hydrogen-bond acceptors (Lipinski definition) is 4. The number of halogens is 1. The molecule has 1 fully saturated rings. The first-order valence-electron chi connectivity index (χ1n) is 9.56. The second-order valence-corrected chi connectivity index (χ2v) is 6.85. The summed E-state index contributed by atoms with van der Waals surface area (Å²) in [7, 11) is 1.50. The molecule has 0 saturated carbocycles. The summed E-state index contributed by atoms with van der Waals surface area (Å²) in [6, 6.07) is 0. The summed E-state index contributed by atoms with van der Waals surface area (Å²) in [4.78, 5) is 27.0. The highest BCUT2D eigenvalue weighted by Crippen LogP contribution is 2.21. The third-order valence-electron chi connectivity index (χ3n) is 5.08. The zero-order chi connectivity index (χ0) is 19.4. The highest BCUT2D eigenvalue weighted by Gasteiger charge is 2.19.